The molecule has 0 fully saturated rings. The van der Waals surface area contributed by atoms with Gasteiger partial charge < -0.3 is 4.90 Å². The molecule has 0 aliphatic rings. The summed E-state index contributed by atoms with van der Waals surface area (Å²) in [6.45, 7) is 2.46. The van der Waals surface area contributed by atoms with Crippen molar-refractivity contribution in [3.63, 3.8) is 0 Å². The topological polar surface area (TPSA) is 66.5 Å². The molecule has 0 saturated carbocycles. The first kappa shape index (κ1) is 16.0. The lowest BCUT2D eigenvalue weighted by Crippen LogP contribution is -2.26. The lowest BCUT2D eigenvalue weighted by atomic mass is 10.2. The predicted molar refractivity (Wildman–Crippen MR) is 86.3 cm³/mol. The van der Waals surface area contributed by atoms with Crippen LogP contribution in [0.3, 0.4) is 0 Å². The molecule has 1 amide bonds. The largest absolute Gasteiger partial charge is 0.342 e. The summed E-state index contributed by atoms with van der Waals surface area (Å²) in [6.07, 6.45) is 0. The quantitative estimate of drug-likeness (QED) is 0.921. The van der Waals surface area contributed by atoms with Crippen LogP contribution in [0.2, 0.25) is 0 Å². The van der Waals surface area contributed by atoms with Crippen molar-refractivity contribution in [2.24, 2.45) is 0 Å². The maximum atomic E-state index is 12.3. The molecular weight excluding hydrogens is 300 g/mol. The highest BCUT2D eigenvalue weighted by molar-refractivity contribution is 7.92. The number of carbonyl (C=O) groups is 1. The Labute approximate surface area is 130 Å². The number of anilines is 1. The van der Waals surface area contributed by atoms with Gasteiger partial charge in [-0.2, -0.15) is 0 Å². The van der Waals surface area contributed by atoms with Crippen LogP contribution in [0.15, 0.2) is 59.5 Å². The average molecular weight is 318 g/mol. The fourth-order valence-electron chi connectivity index (χ4n) is 1.89. The Morgan fingerprint density at radius 3 is 2.41 bits per heavy atom. The molecule has 5 nitrogen and oxygen atoms in total. The zero-order chi connectivity index (χ0) is 16.2. The lowest BCUT2D eigenvalue weighted by molar-refractivity contribution is 0.0802. The molecule has 0 atom stereocenters. The van der Waals surface area contributed by atoms with E-state index in [1.54, 1.807) is 48.3 Å². The van der Waals surface area contributed by atoms with Crippen molar-refractivity contribution in [2.75, 3.05) is 18.3 Å². The van der Waals surface area contributed by atoms with Gasteiger partial charge in [0.05, 0.1) is 4.90 Å². The molecule has 2 aromatic carbocycles. The number of nitrogens with one attached hydrogen (secondary N) is 1. The van der Waals surface area contributed by atoms with Gasteiger partial charge >= 0.3 is 0 Å². The standard InChI is InChI=1S/C16H18N2O3S/c1-3-18(2)16(19)13-8-7-9-14(12-13)17-22(20,21)15-10-5-4-6-11-15/h4-12,17H,3H2,1-2H3. The van der Waals surface area contributed by atoms with Gasteiger partial charge in [0.15, 0.2) is 0 Å². The maximum Gasteiger partial charge on any atom is 0.261 e. The molecule has 0 saturated heterocycles. The van der Waals surface area contributed by atoms with Crippen LogP contribution >= 0.6 is 0 Å². The van der Waals surface area contributed by atoms with Crippen molar-refractivity contribution in [1.29, 1.82) is 0 Å². The van der Waals surface area contributed by atoms with E-state index in [0.717, 1.165) is 0 Å². The van der Waals surface area contributed by atoms with E-state index in [9.17, 15) is 13.2 Å². The van der Waals surface area contributed by atoms with Crippen LogP contribution in [0.4, 0.5) is 5.69 Å². The van der Waals surface area contributed by atoms with E-state index in [4.69, 9.17) is 0 Å². The Morgan fingerprint density at radius 1 is 1.09 bits per heavy atom. The smallest absolute Gasteiger partial charge is 0.261 e. The Bertz CT molecular complexity index is 758. The number of rotatable bonds is 5. The van der Waals surface area contributed by atoms with Crippen LogP contribution in [0.1, 0.15) is 17.3 Å². The first-order valence-corrected chi connectivity index (χ1v) is 8.36. The Kier molecular flexibility index (Phi) is 4.82. The summed E-state index contributed by atoms with van der Waals surface area (Å²) in [7, 11) is -1.96. The zero-order valence-corrected chi connectivity index (χ0v) is 13.3. The summed E-state index contributed by atoms with van der Waals surface area (Å²) in [5.41, 5.74) is 0.803. The molecule has 2 aromatic rings. The predicted octanol–water partition coefficient (Wildman–Crippen LogP) is 2.58. The summed E-state index contributed by atoms with van der Waals surface area (Å²) >= 11 is 0. The molecule has 0 unspecified atom stereocenters. The Balaban J connectivity index is 2.26. The van der Waals surface area contributed by atoms with E-state index in [-0.39, 0.29) is 10.8 Å². The van der Waals surface area contributed by atoms with E-state index in [2.05, 4.69) is 4.72 Å². The molecule has 0 heterocycles. The first-order chi connectivity index (χ1) is 10.4. The minimum absolute atomic E-state index is 0.150. The maximum absolute atomic E-state index is 12.3. The molecule has 0 spiro atoms. The Hall–Kier alpha value is -2.34. The minimum Gasteiger partial charge on any atom is -0.342 e. The second kappa shape index (κ2) is 6.62. The molecule has 0 aliphatic carbocycles. The van der Waals surface area contributed by atoms with Gasteiger partial charge in [-0.15, -0.1) is 0 Å². The summed E-state index contributed by atoms with van der Waals surface area (Å²) in [4.78, 5) is 13.9. The number of carbonyl (C=O) groups excluding carboxylic acids is 1. The van der Waals surface area contributed by atoms with Crippen LogP contribution < -0.4 is 4.72 Å². The van der Waals surface area contributed by atoms with Gasteiger partial charge in [-0.1, -0.05) is 24.3 Å². The van der Waals surface area contributed by atoms with Crippen LogP contribution in [0, 0.1) is 0 Å². The molecule has 0 bridgehead atoms. The molecule has 116 valence electrons. The van der Waals surface area contributed by atoms with E-state index in [0.29, 0.717) is 17.8 Å². The van der Waals surface area contributed by atoms with Crippen molar-refractivity contribution in [1.82, 2.24) is 4.90 Å². The molecule has 0 aromatic heterocycles. The van der Waals surface area contributed by atoms with Gasteiger partial charge in [-0.05, 0) is 37.3 Å². The highest BCUT2D eigenvalue weighted by Gasteiger charge is 2.15. The van der Waals surface area contributed by atoms with Crippen LogP contribution in [0.5, 0.6) is 0 Å². The van der Waals surface area contributed by atoms with Gasteiger partial charge in [0.1, 0.15) is 0 Å². The van der Waals surface area contributed by atoms with Crippen LogP contribution in [-0.2, 0) is 10.0 Å². The normalized spacial score (nSPS) is 11.0. The van der Waals surface area contributed by atoms with Crippen LogP contribution in [-0.4, -0.2) is 32.8 Å². The fourth-order valence-corrected chi connectivity index (χ4v) is 2.96. The number of benzene rings is 2. The van der Waals surface area contributed by atoms with E-state index < -0.39 is 10.0 Å². The number of amides is 1. The van der Waals surface area contributed by atoms with Crippen LogP contribution in [0.25, 0.3) is 0 Å². The van der Waals surface area contributed by atoms with E-state index >= 15 is 0 Å². The summed E-state index contributed by atoms with van der Waals surface area (Å²) in [5, 5.41) is 0. The molecule has 6 heteroatoms. The number of hydrogen-bond acceptors (Lipinski definition) is 3. The highest BCUT2D eigenvalue weighted by atomic mass is 32.2. The third kappa shape index (κ3) is 3.65. The third-order valence-electron chi connectivity index (χ3n) is 3.24. The van der Waals surface area contributed by atoms with Gasteiger partial charge in [-0.3, -0.25) is 9.52 Å². The van der Waals surface area contributed by atoms with Crippen molar-refractivity contribution in [3.8, 4) is 0 Å². The molecule has 1 N–H and O–H groups in total. The fraction of sp³-hybridized carbons (Fsp3) is 0.188. The van der Waals surface area contributed by atoms with E-state index in [1.807, 2.05) is 6.92 Å². The zero-order valence-electron chi connectivity index (χ0n) is 12.5. The third-order valence-corrected chi connectivity index (χ3v) is 4.63. The van der Waals surface area contributed by atoms with Crippen molar-refractivity contribution in [2.45, 2.75) is 11.8 Å². The molecule has 0 radical (unpaired) electrons. The van der Waals surface area contributed by atoms with Gasteiger partial charge in [-0.25, -0.2) is 8.42 Å². The molecular formula is C16H18N2O3S. The average Bonchev–Trinajstić information content (AvgIpc) is 2.54. The minimum atomic E-state index is -3.66. The second-order valence-corrected chi connectivity index (χ2v) is 6.50. The summed E-state index contributed by atoms with van der Waals surface area (Å²) in [6, 6.07) is 14.6. The SMILES string of the molecule is CCN(C)C(=O)c1cccc(NS(=O)(=O)c2ccccc2)c1. The van der Waals surface area contributed by atoms with Crippen molar-refractivity contribution < 1.29 is 13.2 Å². The monoisotopic (exact) mass is 318 g/mol. The number of hydrogen-bond donors (Lipinski definition) is 1. The highest BCUT2D eigenvalue weighted by Crippen LogP contribution is 2.17. The molecule has 2 rings (SSSR count). The lowest BCUT2D eigenvalue weighted by Gasteiger charge is -2.15. The van der Waals surface area contributed by atoms with Gasteiger partial charge in [0.25, 0.3) is 15.9 Å². The van der Waals surface area contributed by atoms with Gasteiger partial charge in [0.2, 0.25) is 0 Å². The van der Waals surface area contributed by atoms with E-state index in [1.165, 1.54) is 18.2 Å². The van der Waals surface area contributed by atoms with Crippen molar-refractivity contribution in [3.05, 3.63) is 60.2 Å². The number of sulfonamides is 1. The molecule has 22 heavy (non-hydrogen) atoms. The van der Waals surface area contributed by atoms with Crippen molar-refractivity contribution >= 4 is 21.6 Å². The summed E-state index contributed by atoms with van der Waals surface area (Å²) in [5.74, 6) is -0.150. The molecule has 0 aliphatic heterocycles. The Morgan fingerprint density at radius 2 is 1.77 bits per heavy atom. The first-order valence-electron chi connectivity index (χ1n) is 6.87. The summed E-state index contributed by atoms with van der Waals surface area (Å²) < 4.78 is 27.0. The van der Waals surface area contributed by atoms with Gasteiger partial charge in [0, 0.05) is 24.8 Å². The second-order valence-electron chi connectivity index (χ2n) is 4.82. The number of nitrogens with zero attached hydrogens (tertiary/aromatic N) is 1.